The summed E-state index contributed by atoms with van der Waals surface area (Å²) in [4.78, 5) is 32.3. The fourth-order valence-corrected chi connectivity index (χ4v) is 6.72. The SMILES string of the molecule is CC(=O)N1CCCC(N(C)CCN2[C@@H]3CC[C@H]2CC(NC(=O)c2nn(C(C)C)c4ccccc24)C3)C1. The first-order chi connectivity index (χ1) is 17.3. The maximum absolute atomic E-state index is 13.3. The molecule has 1 aromatic carbocycles. The molecule has 8 heteroatoms. The first kappa shape index (κ1) is 25.2. The van der Waals surface area contributed by atoms with Crippen LogP contribution < -0.4 is 5.32 Å². The third kappa shape index (κ3) is 5.02. The van der Waals surface area contributed by atoms with E-state index < -0.39 is 0 Å². The Bertz CT molecular complexity index is 1080. The van der Waals surface area contributed by atoms with Gasteiger partial charge in [0, 0.05) is 68.7 Å². The van der Waals surface area contributed by atoms with Crippen LogP contribution in [0.25, 0.3) is 10.9 Å². The number of rotatable bonds is 7. The molecule has 4 heterocycles. The summed E-state index contributed by atoms with van der Waals surface area (Å²) in [5, 5.41) is 8.97. The number of likely N-dealkylation sites (tertiary alicyclic amines) is 1. The van der Waals surface area contributed by atoms with Crippen molar-refractivity contribution in [3.63, 3.8) is 0 Å². The first-order valence-corrected chi connectivity index (χ1v) is 13.8. The van der Waals surface area contributed by atoms with Crippen LogP contribution in [0.3, 0.4) is 0 Å². The predicted octanol–water partition coefficient (Wildman–Crippen LogP) is 3.29. The van der Waals surface area contributed by atoms with Crippen molar-refractivity contribution < 1.29 is 9.59 Å². The Morgan fingerprint density at radius 2 is 1.86 bits per heavy atom. The summed E-state index contributed by atoms with van der Waals surface area (Å²) in [6, 6.07) is 9.95. The summed E-state index contributed by atoms with van der Waals surface area (Å²) >= 11 is 0. The van der Waals surface area contributed by atoms with Gasteiger partial charge in [-0.15, -0.1) is 0 Å². The highest BCUT2D eigenvalue weighted by Gasteiger charge is 2.41. The zero-order valence-corrected chi connectivity index (χ0v) is 22.3. The molecule has 2 unspecified atom stereocenters. The van der Waals surface area contributed by atoms with E-state index in [1.54, 1.807) is 6.92 Å². The molecule has 3 saturated heterocycles. The van der Waals surface area contributed by atoms with Crippen molar-refractivity contribution in [3.05, 3.63) is 30.0 Å². The van der Waals surface area contributed by atoms with Gasteiger partial charge in [0.2, 0.25) is 5.91 Å². The van der Waals surface area contributed by atoms with Gasteiger partial charge in [-0.2, -0.15) is 5.10 Å². The molecule has 2 aromatic rings. The molecule has 36 heavy (non-hydrogen) atoms. The quantitative estimate of drug-likeness (QED) is 0.640. The van der Waals surface area contributed by atoms with Crippen molar-refractivity contribution in [3.8, 4) is 0 Å². The minimum atomic E-state index is -0.0458. The molecule has 2 bridgehead atoms. The summed E-state index contributed by atoms with van der Waals surface area (Å²) in [7, 11) is 2.21. The number of hydrogen-bond donors (Lipinski definition) is 1. The van der Waals surface area contributed by atoms with Crippen LogP contribution in [0.1, 0.15) is 75.8 Å². The van der Waals surface area contributed by atoms with Gasteiger partial charge in [-0.05, 0) is 65.5 Å². The minimum absolute atomic E-state index is 0.0458. The fourth-order valence-electron chi connectivity index (χ4n) is 6.72. The Morgan fingerprint density at radius 3 is 2.56 bits per heavy atom. The topological polar surface area (TPSA) is 73.7 Å². The Hall–Kier alpha value is -2.45. The van der Waals surface area contributed by atoms with Crippen LogP contribution in [-0.4, -0.2) is 93.7 Å². The summed E-state index contributed by atoms with van der Waals surface area (Å²) in [5.41, 5.74) is 1.56. The van der Waals surface area contributed by atoms with Gasteiger partial charge in [-0.1, -0.05) is 18.2 Å². The molecule has 3 aliphatic rings. The molecular weight excluding hydrogens is 452 g/mol. The molecule has 1 aromatic heterocycles. The lowest BCUT2D eigenvalue weighted by Gasteiger charge is -2.41. The molecule has 4 atom stereocenters. The van der Waals surface area contributed by atoms with E-state index in [0.29, 0.717) is 23.8 Å². The number of amides is 2. The molecule has 0 saturated carbocycles. The van der Waals surface area contributed by atoms with Crippen LogP contribution in [0.15, 0.2) is 24.3 Å². The van der Waals surface area contributed by atoms with Gasteiger partial charge in [0.05, 0.1) is 5.52 Å². The van der Waals surface area contributed by atoms with E-state index in [1.807, 2.05) is 33.8 Å². The van der Waals surface area contributed by atoms with Crippen LogP contribution in [0, 0.1) is 0 Å². The molecule has 0 spiro atoms. The van der Waals surface area contributed by atoms with E-state index >= 15 is 0 Å². The lowest BCUT2D eigenvalue weighted by Crippen LogP contribution is -2.53. The Balaban J connectivity index is 1.17. The van der Waals surface area contributed by atoms with Crippen molar-refractivity contribution >= 4 is 22.7 Å². The van der Waals surface area contributed by atoms with E-state index in [1.165, 1.54) is 19.3 Å². The number of carbonyl (C=O) groups is 2. The van der Waals surface area contributed by atoms with Gasteiger partial charge in [-0.3, -0.25) is 19.2 Å². The molecule has 3 fully saturated rings. The Kier molecular flexibility index (Phi) is 7.35. The second-order valence-corrected chi connectivity index (χ2v) is 11.4. The number of nitrogens with zero attached hydrogens (tertiary/aromatic N) is 5. The number of benzene rings is 1. The average Bonchev–Trinajstić information content (AvgIpc) is 3.37. The third-order valence-corrected chi connectivity index (χ3v) is 8.71. The fraction of sp³-hybridized carbons (Fsp3) is 0.679. The molecule has 8 nitrogen and oxygen atoms in total. The van der Waals surface area contributed by atoms with E-state index in [4.69, 9.17) is 5.10 Å². The van der Waals surface area contributed by atoms with Crippen molar-refractivity contribution in [2.45, 2.75) is 89.5 Å². The van der Waals surface area contributed by atoms with E-state index in [9.17, 15) is 9.59 Å². The van der Waals surface area contributed by atoms with Crippen molar-refractivity contribution in [1.29, 1.82) is 0 Å². The summed E-state index contributed by atoms with van der Waals surface area (Å²) < 4.78 is 1.95. The van der Waals surface area contributed by atoms with Crippen molar-refractivity contribution in [1.82, 2.24) is 29.8 Å². The zero-order valence-electron chi connectivity index (χ0n) is 22.3. The molecule has 2 amide bonds. The predicted molar refractivity (Wildman–Crippen MR) is 142 cm³/mol. The van der Waals surface area contributed by atoms with Crippen LogP contribution in [0.5, 0.6) is 0 Å². The third-order valence-electron chi connectivity index (χ3n) is 8.71. The van der Waals surface area contributed by atoms with Gasteiger partial charge >= 0.3 is 0 Å². The number of para-hydroxylation sites is 1. The van der Waals surface area contributed by atoms with Gasteiger partial charge in [-0.25, -0.2) is 0 Å². The Labute approximate surface area is 215 Å². The van der Waals surface area contributed by atoms with Gasteiger partial charge in [0.15, 0.2) is 5.69 Å². The molecule has 0 radical (unpaired) electrons. The van der Waals surface area contributed by atoms with Gasteiger partial charge in [0.25, 0.3) is 5.91 Å². The van der Waals surface area contributed by atoms with Gasteiger partial charge in [0.1, 0.15) is 0 Å². The lowest BCUT2D eigenvalue weighted by molar-refractivity contribution is -0.130. The summed E-state index contributed by atoms with van der Waals surface area (Å²) in [5.74, 6) is 0.148. The Morgan fingerprint density at radius 1 is 1.14 bits per heavy atom. The van der Waals surface area contributed by atoms with E-state index in [2.05, 4.69) is 36.0 Å². The number of nitrogens with one attached hydrogen (secondary N) is 1. The largest absolute Gasteiger partial charge is 0.348 e. The zero-order chi connectivity index (χ0) is 25.4. The summed E-state index contributed by atoms with van der Waals surface area (Å²) in [6.07, 6.45) is 6.71. The van der Waals surface area contributed by atoms with Crippen molar-refractivity contribution in [2.24, 2.45) is 0 Å². The molecular formula is C28H42N6O2. The van der Waals surface area contributed by atoms with E-state index in [0.717, 1.165) is 56.3 Å². The monoisotopic (exact) mass is 494 g/mol. The van der Waals surface area contributed by atoms with Crippen LogP contribution in [0.4, 0.5) is 0 Å². The smallest absolute Gasteiger partial charge is 0.272 e. The molecule has 5 rings (SSSR count). The first-order valence-electron chi connectivity index (χ1n) is 13.8. The number of piperidine rings is 2. The van der Waals surface area contributed by atoms with Crippen LogP contribution in [-0.2, 0) is 4.79 Å². The maximum atomic E-state index is 13.3. The molecule has 0 aliphatic carbocycles. The minimum Gasteiger partial charge on any atom is -0.348 e. The van der Waals surface area contributed by atoms with Crippen LogP contribution >= 0.6 is 0 Å². The molecule has 196 valence electrons. The highest BCUT2D eigenvalue weighted by atomic mass is 16.2. The van der Waals surface area contributed by atoms with E-state index in [-0.39, 0.29) is 23.9 Å². The highest BCUT2D eigenvalue weighted by molar-refractivity contribution is 6.05. The lowest BCUT2D eigenvalue weighted by atomic mass is 9.97. The average molecular weight is 495 g/mol. The number of likely N-dealkylation sites (N-methyl/N-ethyl adjacent to an activating group) is 1. The molecule has 3 aliphatic heterocycles. The second-order valence-electron chi connectivity index (χ2n) is 11.4. The second kappa shape index (κ2) is 10.5. The number of carbonyl (C=O) groups excluding carboxylic acids is 2. The number of aromatic nitrogens is 2. The standard InChI is InChI=1S/C28H42N6O2/c1-19(2)34-26-10-6-5-9-25(26)27(30-34)28(36)29-21-16-22-11-12-23(17-21)33(22)15-14-31(4)24-8-7-13-32(18-24)20(3)35/h5-6,9-10,19,21-24H,7-8,11-18H2,1-4H3,(H,29,36)/t21?,22-,23+,24?. The maximum Gasteiger partial charge on any atom is 0.272 e. The van der Waals surface area contributed by atoms with Gasteiger partial charge < -0.3 is 15.1 Å². The van der Waals surface area contributed by atoms with Crippen molar-refractivity contribution in [2.75, 3.05) is 33.2 Å². The summed E-state index contributed by atoms with van der Waals surface area (Å²) in [6.45, 7) is 9.72. The highest BCUT2D eigenvalue weighted by Crippen LogP contribution is 2.36. The molecule has 1 N–H and O–H groups in total. The normalized spacial score (nSPS) is 26.8. The number of fused-ring (bicyclic) bond motifs is 3. The van der Waals surface area contributed by atoms with Crippen LogP contribution in [0.2, 0.25) is 0 Å². The number of hydrogen-bond acceptors (Lipinski definition) is 5.